The number of ketones is 1. The van der Waals surface area contributed by atoms with Crippen molar-refractivity contribution in [2.24, 2.45) is 5.92 Å². The van der Waals surface area contributed by atoms with Gasteiger partial charge in [-0.05, 0) is 36.6 Å². The lowest BCUT2D eigenvalue weighted by molar-refractivity contribution is -0.147. The van der Waals surface area contributed by atoms with Crippen molar-refractivity contribution in [3.63, 3.8) is 0 Å². The van der Waals surface area contributed by atoms with Gasteiger partial charge in [0.25, 0.3) is 11.8 Å². The van der Waals surface area contributed by atoms with Crippen LogP contribution in [-0.2, 0) is 9.53 Å². The summed E-state index contributed by atoms with van der Waals surface area (Å²) >= 11 is 0. The molecule has 1 atom stereocenters. The van der Waals surface area contributed by atoms with Crippen LogP contribution >= 0.6 is 0 Å². The molecule has 0 aromatic heterocycles. The first-order chi connectivity index (χ1) is 13.8. The number of Topliss-reactive ketones (excluding diaryl/α,β-unsaturated/α-hetero) is 1. The summed E-state index contributed by atoms with van der Waals surface area (Å²) < 4.78 is 18.4. The Labute approximate surface area is 167 Å². The molecule has 29 heavy (non-hydrogen) atoms. The van der Waals surface area contributed by atoms with Crippen molar-refractivity contribution in [2.45, 2.75) is 26.3 Å². The Morgan fingerprint density at radius 1 is 1.00 bits per heavy atom. The Hall–Kier alpha value is -3.35. The van der Waals surface area contributed by atoms with Crippen molar-refractivity contribution >= 4 is 23.6 Å². The maximum atomic E-state index is 13.3. The second-order valence-electron chi connectivity index (χ2n) is 7.21. The van der Waals surface area contributed by atoms with Gasteiger partial charge in [0.1, 0.15) is 11.9 Å². The summed E-state index contributed by atoms with van der Waals surface area (Å²) in [5.74, 6) is -3.16. The third kappa shape index (κ3) is 4.23. The number of rotatable bonds is 7. The molecule has 0 fully saturated rings. The molecule has 7 heteroatoms. The molecule has 0 saturated heterocycles. The van der Waals surface area contributed by atoms with E-state index in [0.717, 1.165) is 11.0 Å². The van der Waals surface area contributed by atoms with E-state index in [0.29, 0.717) is 0 Å². The molecule has 0 aliphatic carbocycles. The van der Waals surface area contributed by atoms with Crippen LogP contribution in [0.3, 0.4) is 0 Å². The monoisotopic (exact) mass is 397 g/mol. The van der Waals surface area contributed by atoms with Crippen LogP contribution in [0.25, 0.3) is 0 Å². The van der Waals surface area contributed by atoms with Gasteiger partial charge in [-0.3, -0.25) is 19.3 Å². The van der Waals surface area contributed by atoms with Crippen molar-refractivity contribution < 1.29 is 28.3 Å². The van der Waals surface area contributed by atoms with Crippen molar-refractivity contribution in [2.75, 3.05) is 6.61 Å². The van der Waals surface area contributed by atoms with Gasteiger partial charge in [-0.2, -0.15) is 0 Å². The quantitative estimate of drug-likeness (QED) is 0.407. The molecule has 0 bridgehead atoms. The molecule has 0 unspecified atom stereocenters. The largest absolute Gasteiger partial charge is 0.456 e. The van der Waals surface area contributed by atoms with E-state index in [1.54, 1.807) is 12.1 Å². The van der Waals surface area contributed by atoms with E-state index in [1.807, 2.05) is 13.8 Å². The Morgan fingerprint density at radius 3 is 2.17 bits per heavy atom. The number of esters is 1. The van der Waals surface area contributed by atoms with Crippen molar-refractivity contribution in [1.29, 1.82) is 0 Å². The summed E-state index contributed by atoms with van der Waals surface area (Å²) in [5.41, 5.74) is 0.531. The Kier molecular flexibility index (Phi) is 5.87. The second-order valence-corrected chi connectivity index (χ2v) is 7.21. The average Bonchev–Trinajstić information content (AvgIpc) is 2.94. The van der Waals surface area contributed by atoms with Gasteiger partial charge >= 0.3 is 5.97 Å². The molecular weight excluding hydrogens is 377 g/mol. The average molecular weight is 397 g/mol. The Balaban J connectivity index is 1.77. The number of hydrogen-bond acceptors (Lipinski definition) is 5. The zero-order chi connectivity index (χ0) is 21.1. The molecule has 2 aromatic carbocycles. The molecule has 2 aromatic rings. The molecule has 0 spiro atoms. The number of carbonyl (C=O) groups is 4. The lowest BCUT2D eigenvalue weighted by atomic mass is 10.0. The molecule has 1 aliphatic rings. The minimum absolute atomic E-state index is 0.0178. The van der Waals surface area contributed by atoms with Crippen LogP contribution in [-0.4, -0.2) is 41.1 Å². The first-order valence-electron chi connectivity index (χ1n) is 9.22. The summed E-state index contributed by atoms with van der Waals surface area (Å²) in [7, 11) is 0. The van der Waals surface area contributed by atoms with Crippen molar-refractivity contribution in [1.82, 2.24) is 4.90 Å². The fourth-order valence-corrected chi connectivity index (χ4v) is 3.22. The van der Waals surface area contributed by atoms with Crippen LogP contribution in [0.15, 0.2) is 48.5 Å². The maximum Gasteiger partial charge on any atom is 0.329 e. The topological polar surface area (TPSA) is 80.8 Å². The standard InChI is InChI=1S/C22H20FNO5/c1-13(2)10-18(24-20(26)16-8-3-4-9-17(16)21(24)27)22(28)29-12-19(25)14-6-5-7-15(23)11-14/h3-9,11,13,18H,10,12H2,1-2H3/t18-/m1/s1. The molecule has 150 valence electrons. The zero-order valence-electron chi connectivity index (χ0n) is 16.1. The lowest BCUT2D eigenvalue weighted by Gasteiger charge is -2.25. The first kappa shape index (κ1) is 20.4. The molecule has 3 rings (SSSR count). The van der Waals surface area contributed by atoms with Gasteiger partial charge < -0.3 is 4.74 Å². The van der Waals surface area contributed by atoms with E-state index in [-0.39, 0.29) is 29.0 Å². The smallest absolute Gasteiger partial charge is 0.329 e. The third-order valence-electron chi connectivity index (χ3n) is 4.60. The van der Waals surface area contributed by atoms with E-state index in [2.05, 4.69) is 0 Å². The second kappa shape index (κ2) is 8.34. The predicted octanol–water partition coefficient (Wildman–Crippen LogP) is 3.26. The molecule has 0 radical (unpaired) electrons. The third-order valence-corrected chi connectivity index (χ3v) is 4.60. The number of carbonyl (C=O) groups excluding carboxylic acids is 4. The normalized spacial score (nSPS) is 14.1. The highest BCUT2D eigenvalue weighted by Gasteiger charge is 2.43. The molecular formula is C22H20FNO5. The van der Waals surface area contributed by atoms with Crippen LogP contribution in [0.5, 0.6) is 0 Å². The van der Waals surface area contributed by atoms with E-state index >= 15 is 0 Å². The van der Waals surface area contributed by atoms with Gasteiger partial charge in [0.05, 0.1) is 11.1 Å². The van der Waals surface area contributed by atoms with Gasteiger partial charge in [-0.1, -0.05) is 38.1 Å². The summed E-state index contributed by atoms with van der Waals surface area (Å²) in [6.45, 7) is 3.08. The van der Waals surface area contributed by atoms with Gasteiger partial charge in [-0.25, -0.2) is 9.18 Å². The number of halogens is 1. The Bertz CT molecular complexity index is 950. The number of benzene rings is 2. The van der Waals surface area contributed by atoms with Crippen molar-refractivity contribution in [3.05, 3.63) is 71.0 Å². The van der Waals surface area contributed by atoms with Crippen molar-refractivity contribution in [3.8, 4) is 0 Å². The number of imide groups is 1. The highest BCUT2D eigenvalue weighted by Crippen LogP contribution is 2.27. The van der Waals surface area contributed by atoms with Crippen LogP contribution in [0.2, 0.25) is 0 Å². The van der Waals surface area contributed by atoms with Gasteiger partial charge in [0.2, 0.25) is 0 Å². The summed E-state index contributed by atoms with van der Waals surface area (Å²) in [4.78, 5) is 51.2. The summed E-state index contributed by atoms with van der Waals surface area (Å²) in [5, 5.41) is 0. The number of ether oxygens (including phenoxy) is 1. The number of nitrogens with zero attached hydrogens (tertiary/aromatic N) is 1. The van der Waals surface area contributed by atoms with Gasteiger partial charge in [0, 0.05) is 5.56 Å². The van der Waals surface area contributed by atoms with Crippen LogP contribution in [0.1, 0.15) is 51.3 Å². The van der Waals surface area contributed by atoms with E-state index in [1.165, 1.54) is 30.3 Å². The predicted molar refractivity (Wildman–Crippen MR) is 102 cm³/mol. The van der Waals surface area contributed by atoms with Crippen LogP contribution < -0.4 is 0 Å². The first-order valence-corrected chi connectivity index (χ1v) is 9.22. The molecule has 1 heterocycles. The number of fused-ring (bicyclic) bond motifs is 1. The Morgan fingerprint density at radius 2 is 1.62 bits per heavy atom. The fraction of sp³-hybridized carbons (Fsp3) is 0.273. The summed E-state index contributed by atoms with van der Waals surface area (Å²) in [6.07, 6.45) is 0.193. The van der Waals surface area contributed by atoms with E-state index in [9.17, 15) is 23.6 Å². The molecule has 6 nitrogen and oxygen atoms in total. The van der Waals surface area contributed by atoms with Crippen LogP contribution in [0.4, 0.5) is 4.39 Å². The van der Waals surface area contributed by atoms with Crippen LogP contribution in [0, 0.1) is 11.7 Å². The van der Waals surface area contributed by atoms with E-state index < -0.39 is 42.0 Å². The molecule has 0 N–H and O–H groups in total. The summed E-state index contributed by atoms with van der Waals surface area (Å²) in [6, 6.07) is 10.2. The highest BCUT2D eigenvalue weighted by atomic mass is 19.1. The number of amides is 2. The minimum atomic E-state index is -1.15. The van der Waals surface area contributed by atoms with E-state index in [4.69, 9.17) is 4.74 Å². The molecule has 0 saturated carbocycles. The number of hydrogen-bond donors (Lipinski definition) is 0. The highest BCUT2D eigenvalue weighted by molar-refractivity contribution is 6.22. The lowest BCUT2D eigenvalue weighted by Crippen LogP contribution is -2.46. The van der Waals surface area contributed by atoms with Gasteiger partial charge in [-0.15, -0.1) is 0 Å². The molecule has 1 aliphatic heterocycles. The maximum absolute atomic E-state index is 13.3. The van der Waals surface area contributed by atoms with Gasteiger partial charge in [0.15, 0.2) is 12.4 Å². The molecule has 2 amide bonds. The fourth-order valence-electron chi connectivity index (χ4n) is 3.22. The zero-order valence-corrected chi connectivity index (χ0v) is 16.1. The SMILES string of the molecule is CC(C)C[C@H](C(=O)OCC(=O)c1cccc(F)c1)N1C(=O)c2ccccc2C1=O. The minimum Gasteiger partial charge on any atom is -0.456 e.